The van der Waals surface area contributed by atoms with Crippen LogP contribution in [0, 0.1) is 0 Å². The first-order valence-corrected chi connectivity index (χ1v) is 7.30. The van der Waals surface area contributed by atoms with Crippen LogP contribution in [0.5, 0.6) is 0 Å². The maximum atomic E-state index is 6.07. The number of anilines is 1. The van der Waals surface area contributed by atoms with Crippen LogP contribution in [0.15, 0.2) is 53.7 Å². The Kier molecular flexibility index (Phi) is 5.63. The molecule has 0 amide bonds. The molecule has 0 spiro atoms. The van der Waals surface area contributed by atoms with Crippen molar-refractivity contribution in [1.29, 1.82) is 0 Å². The van der Waals surface area contributed by atoms with E-state index in [4.69, 9.17) is 17.3 Å². The summed E-state index contributed by atoms with van der Waals surface area (Å²) in [5, 5.41) is 3.76. The lowest BCUT2D eigenvalue weighted by Crippen LogP contribution is -2.25. The average molecular weight is 429 g/mol. The lowest BCUT2D eigenvalue weighted by atomic mass is 9.96. The number of rotatable bonds is 4. The fourth-order valence-corrected chi connectivity index (χ4v) is 2.54. The van der Waals surface area contributed by atoms with Gasteiger partial charge in [0.2, 0.25) is 0 Å². The Morgan fingerprint density at radius 1 is 1.27 bits per heavy atom. The number of aromatic nitrogens is 1. The van der Waals surface area contributed by atoms with Gasteiger partial charge in [-0.15, -0.1) is 24.0 Å². The van der Waals surface area contributed by atoms with Gasteiger partial charge in [-0.3, -0.25) is 4.99 Å². The van der Waals surface area contributed by atoms with Crippen LogP contribution in [-0.4, -0.2) is 17.5 Å². The highest BCUT2D eigenvalue weighted by Crippen LogP contribution is 2.48. The molecule has 1 heterocycles. The van der Waals surface area contributed by atoms with E-state index in [1.165, 1.54) is 5.56 Å². The van der Waals surface area contributed by atoms with Crippen LogP contribution in [-0.2, 0) is 5.41 Å². The molecule has 0 unspecified atom stereocenters. The van der Waals surface area contributed by atoms with Crippen molar-refractivity contribution >= 4 is 47.4 Å². The van der Waals surface area contributed by atoms with Gasteiger partial charge in [0, 0.05) is 16.6 Å². The van der Waals surface area contributed by atoms with Gasteiger partial charge in [0.25, 0.3) is 0 Å². The summed E-state index contributed by atoms with van der Waals surface area (Å²) in [6, 6.07) is 13.6. The van der Waals surface area contributed by atoms with Crippen LogP contribution in [0.4, 0.5) is 5.82 Å². The monoisotopic (exact) mass is 428 g/mol. The Morgan fingerprint density at radius 2 is 2.09 bits per heavy atom. The molecule has 1 saturated carbocycles. The zero-order chi connectivity index (χ0) is 14.7. The highest BCUT2D eigenvalue weighted by atomic mass is 127. The summed E-state index contributed by atoms with van der Waals surface area (Å²) < 4.78 is 0. The first kappa shape index (κ1) is 17.0. The maximum absolute atomic E-state index is 6.07. The van der Waals surface area contributed by atoms with E-state index in [9.17, 15) is 0 Å². The summed E-state index contributed by atoms with van der Waals surface area (Å²) in [6.45, 7) is 0.666. The van der Waals surface area contributed by atoms with Gasteiger partial charge in [-0.25, -0.2) is 4.98 Å². The predicted octanol–water partition coefficient (Wildman–Crippen LogP) is 3.81. The molecule has 3 N–H and O–H groups in total. The fourth-order valence-electron chi connectivity index (χ4n) is 2.35. The quantitative estimate of drug-likeness (QED) is 0.442. The fraction of sp³-hybridized carbons (Fsp3) is 0.250. The number of nitrogens with two attached hydrogens (primary N) is 1. The minimum Gasteiger partial charge on any atom is -0.370 e. The standard InChI is InChI=1S/C16H17ClN4.HI/c17-13-5-3-4-12(10-13)16(7-8-16)11-20-15(18)21-14-6-1-2-9-19-14;/h1-6,9-10H,7-8,11H2,(H3,18,19,20,21);1H. The van der Waals surface area contributed by atoms with E-state index in [1.807, 2.05) is 36.4 Å². The molecule has 1 aliphatic rings. The molecule has 1 fully saturated rings. The molecule has 0 aliphatic heterocycles. The number of halogens is 2. The van der Waals surface area contributed by atoms with Crippen LogP contribution in [0.25, 0.3) is 0 Å². The van der Waals surface area contributed by atoms with E-state index < -0.39 is 0 Å². The number of nitrogens with one attached hydrogen (secondary N) is 1. The molecule has 1 aromatic carbocycles. The van der Waals surface area contributed by atoms with Gasteiger partial charge in [-0.05, 0) is 42.7 Å². The van der Waals surface area contributed by atoms with Gasteiger partial charge >= 0.3 is 0 Å². The Morgan fingerprint density at radius 3 is 2.73 bits per heavy atom. The van der Waals surface area contributed by atoms with E-state index in [0.717, 1.165) is 17.9 Å². The summed E-state index contributed by atoms with van der Waals surface area (Å²) >= 11 is 6.07. The second kappa shape index (κ2) is 7.28. The molecule has 3 rings (SSSR count). The topological polar surface area (TPSA) is 63.3 Å². The summed E-state index contributed by atoms with van der Waals surface area (Å²) in [5.74, 6) is 1.09. The lowest BCUT2D eigenvalue weighted by molar-refractivity contribution is 0.705. The van der Waals surface area contributed by atoms with Gasteiger partial charge in [0.15, 0.2) is 5.96 Å². The van der Waals surface area contributed by atoms with Crippen molar-refractivity contribution in [3.05, 3.63) is 59.2 Å². The van der Waals surface area contributed by atoms with E-state index in [1.54, 1.807) is 6.20 Å². The van der Waals surface area contributed by atoms with Crippen molar-refractivity contribution in [2.24, 2.45) is 10.7 Å². The van der Waals surface area contributed by atoms with Crippen molar-refractivity contribution in [3.63, 3.8) is 0 Å². The highest BCUT2D eigenvalue weighted by molar-refractivity contribution is 14.0. The van der Waals surface area contributed by atoms with Gasteiger partial charge in [0.05, 0.1) is 6.54 Å². The molecule has 2 aromatic rings. The zero-order valence-corrected chi connectivity index (χ0v) is 15.1. The van der Waals surface area contributed by atoms with E-state index in [-0.39, 0.29) is 29.4 Å². The molecule has 4 nitrogen and oxygen atoms in total. The predicted molar refractivity (Wildman–Crippen MR) is 102 cm³/mol. The van der Waals surface area contributed by atoms with Gasteiger partial charge in [-0.1, -0.05) is 29.8 Å². The number of hydrogen-bond donors (Lipinski definition) is 2. The lowest BCUT2D eigenvalue weighted by Gasteiger charge is -2.14. The SMILES string of the molecule is I.NC(=NCC1(c2cccc(Cl)c2)CC1)Nc1ccccn1. The molecular weight excluding hydrogens is 411 g/mol. The van der Waals surface area contributed by atoms with Crippen molar-refractivity contribution < 1.29 is 0 Å². The number of nitrogens with zero attached hydrogens (tertiary/aromatic N) is 2. The van der Waals surface area contributed by atoms with Gasteiger partial charge < -0.3 is 11.1 Å². The average Bonchev–Trinajstić information content (AvgIpc) is 3.28. The Balaban J connectivity index is 0.00000176. The summed E-state index contributed by atoms with van der Waals surface area (Å²) in [4.78, 5) is 8.62. The minimum atomic E-state index is 0. The number of hydrogen-bond acceptors (Lipinski definition) is 2. The summed E-state index contributed by atoms with van der Waals surface area (Å²) in [5.41, 5.74) is 7.26. The molecule has 0 saturated heterocycles. The number of benzene rings is 1. The van der Waals surface area contributed by atoms with Crippen molar-refractivity contribution in [3.8, 4) is 0 Å². The highest BCUT2D eigenvalue weighted by Gasteiger charge is 2.44. The molecule has 0 radical (unpaired) electrons. The van der Waals surface area contributed by atoms with E-state index in [2.05, 4.69) is 21.4 Å². The van der Waals surface area contributed by atoms with Crippen molar-refractivity contribution in [2.75, 3.05) is 11.9 Å². The molecule has 6 heteroatoms. The van der Waals surface area contributed by atoms with Crippen molar-refractivity contribution in [1.82, 2.24) is 4.98 Å². The minimum absolute atomic E-state index is 0. The molecule has 1 aliphatic carbocycles. The molecule has 1 aromatic heterocycles. The van der Waals surface area contributed by atoms with E-state index >= 15 is 0 Å². The second-order valence-corrected chi connectivity index (χ2v) is 5.77. The molecule has 0 atom stereocenters. The van der Waals surface area contributed by atoms with Crippen molar-refractivity contribution in [2.45, 2.75) is 18.3 Å². The number of aliphatic imine (C=N–C) groups is 1. The van der Waals surface area contributed by atoms with E-state index in [0.29, 0.717) is 18.3 Å². The van der Waals surface area contributed by atoms with Crippen LogP contribution >= 0.6 is 35.6 Å². The third-order valence-corrected chi connectivity index (χ3v) is 4.00. The molecular formula is C16H18ClIN4. The van der Waals surface area contributed by atoms with Crippen LogP contribution in [0.2, 0.25) is 5.02 Å². The Bertz CT molecular complexity index is 656. The first-order chi connectivity index (χ1) is 10.2. The normalized spacial score (nSPS) is 15.8. The van der Waals surface area contributed by atoms with Gasteiger partial charge in [-0.2, -0.15) is 0 Å². The zero-order valence-electron chi connectivity index (χ0n) is 12.0. The molecule has 116 valence electrons. The third-order valence-electron chi connectivity index (χ3n) is 3.76. The first-order valence-electron chi connectivity index (χ1n) is 6.92. The Hall–Kier alpha value is -1.34. The smallest absolute Gasteiger partial charge is 0.194 e. The Labute approximate surface area is 152 Å². The maximum Gasteiger partial charge on any atom is 0.194 e. The largest absolute Gasteiger partial charge is 0.370 e. The molecule has 0 bridgehead atoms. The van der Waals surface area contributed by atoms with Crippen LogP contribution in [0.3, 0.4) is 0 Å². The van der Waals surface area contributed by atoms with Gasteiger partial charge in [0.1, 0.15) is 5.82 Å². The van der Waals surface area contributed by atoms with Crippen LogP contribution < -0.4 is 11.1 Å². The molecule has 22 heavy (non-hydrogen) atoms. The second-order valence-electron chi connectivity index (χ2n) is 5.33. The summed E-state index contributed by atoms with van der Waals surface area (Å²) in [6.07, 6.45) is 3.95. The number of pyridine rings is 1. The number of guanidine groups is 1. The third kappa shape index (κ3) is 4.10. The van der Waals surface area contributed by atoms with Crippen LogP contribution in [0.1, 0.15) is 18.4 Å². The summed E-state index contributed by atoms with van der Waals surface area (Å²) in [7, 11) is 0.